The minimum absolute atomic E-state index is 0.138. The largest absolute Gasteiger partial charge is 0.527 e. The Bertz CT molecular complexity index is 881. The fourth-order valence-corrected chi connectivity index (χ4v) is 3.05. The van der Waals surface area contributed by atoms with Crippen LogP contribution >= 0.6 is 0 Å². The molecule has 0 bridgehead atoms. The van der Waals surface area contributed by atoms with Crippen LogP contribution in [0.1, 0.15) is 17.3 Å². The molecule has 10 nitrogen and oxygen atoms in total. The minimum atomic E-state index is -0.743. The zero-order chi connectivity index (χ0) is 19.4. The van der Waals surface area contributed by atoms with E-state index in [9.17, 15) is 14.4 Å². The third-order valence-corrected chi connectivity index (χ3v) is 4.37. The zero-order valence-corrected chi connectivity index (χ0v) is 15.1. The number of carbonyl (C=O) groups excluding carboxylic acids is 2. The third-order valence-electron chi connectivity index (χ3n) is 4.37. The summed E-state index contributed by atoms with van der Waals surface area (Å²) in [5.41, 5.74) is 7.13. The summed E-state index contributed by atoms with van der Waals surface area (Å²) in [5, 5.41) is 1.48. The predicted octanol–water partition coefficient (Wildman–Crippen LogP) is 0.134. The second-order valence-electron chi connectivity index (χ2n) is 6.10. The van der Waals surface area contributed by atoms with E-state index in [1.165, 1.54) is 9.63 Å². The van der Waals surface area contributed by atoms with Gasteiger partial charge in [-0.15, -0.1) is 5.06 Å². The number of nitrogens with zero attached hydrogens (tertiary/aromatic N) is 3. The number of ether oxygens (including phenoxy) is 1. The lowest BCUT2D eigenvalue weighted by atomic mass is 10.1. The van der Waals surface area contributed by atoms with Gasteiger partial charge in [0.25, 0.3) is 5.91 Å². The molecule has 3 rings (SSSR count). The van der Waals surface area contributed by atoms with E-state index in [4.69, 9.17) is 15.3 Å². The van der Waals surface area contributed by atoms with Gasteiger partial charge in [0.15, 0.2) is 0 Å². The van der Waals surface area contributed by atoms with Crippen LogP contribution in [0, 0.1) is 0 Å². The first-order valence-electron chi connectivity index (χ1n) is 8.85. The van der Waals surface area contributed by atoms with Gasteiger partial charge in [-0.25, -0.2) is 9.59 Å². The lowest BCUT2D eigenvalue weighted by Crippen LogP contribution is -2.49. The summed E-state index contributed by atoms with van der Waals surface area (Å²) in [4.78, 5) is 45.6. The van der Waals surface area contributed by atoms with Crippen LogP contribution in [0.5, 0.6) is 0 Å². The van der Waals surface area contributed by atoms with E-state index in [0.717, 1.165) is 0 Å². The molecule has 1 fully saturated rings. The molecule has 0 radical (unpaired) electrons. The molecule has 1 aromatic carbocycles. The number of benzene rings is 1. The molecule has 0 atom stereocenters. The highest BCUT2D eigenvalue weighted by atomic mass is 16.8. The molecule has 10 heteroatoms. The van der Waals surface area contributed by atoms with Gasteiger partial charge < -0.3 is 25.2 Å². The molecule has 1 aliphatic rings. The molecule has 27 heavy (non-hydrogen) atoms. The quantitative estimate of drug-likeness (QED) is 0.710. The fraction of sp³-hybridized carbons (Fsp3) is 0.471. The number of hydrogen-bond acceptors (Lipinski definition) is 7. The average molecular weight is 377 g/mol. The maximum atomic E-state index is 12.8. The van der Waals surface area contributed by atoms with E-state index in [0.29, 0.717) is 55.9 Å². The number of imidazole rings is 1. The number of H-pyrrole nitrogens is 1. The summed E-state index contributed by atoms with van der Waals surface area (Å²) in [6.45, 7) is 4.27. The highest BCUT2D eigenvalue weighted by Crippen LogP contribution is 2.16. The zero-order valence-electron chi connectivity index (χ0n) is 15.1. The Labute approximate surface area is 155 Å². The summed E-state index contributed by atoms with van der Waals surface area (Å²) in [6.07, 6.45) is -0.743. The van der Waals surface area contributed by atoms with Crippen molar-refractivity contribution in [3.8, 4) is 0 Å². The van der Waals surface area contributed by atoms with Crippen molar-refractivity contribution in [1.82, 2.24) is 19.5 Å². The van der Waals surface area contributed by atoms with E-state index >= 15 is 0 Å². The Morgan fingerprint density at radius 1 is 1.22 bits per heavy atom. The number of hydrogen-bond donors (Lipinski definition) is 2. The van der Waals surface area contributed by atoms with Crippen LogP contribution in [0.2, 0.25) is 0 Å². The molecule has 0 aliphatic carbocycles. The van der Waals surface area contributed by atoms with Crippen molar-refractivity contribution in [3.63, 3.8) is 0 Å². The normalized spacial score (nSPS) is 15.1. The first-order chi connectivity index (χ1) is 13.0. The highest BCUT2D eigenvalue weighted by molar-refractivity contribution is 5.97. The summed E-state index contributed by atoms with van der Waals surface area (Å²) in [7, 11) is 0. The molecule has 2 aromatic rings. The number of piperazine rings is 1. The Morgan fingerprint density at radius 2 is 1.96 bits per heavy atom. The minimum Gasteiger partial charge on any atom is -0.433 e. The molecule has 2 heterocycles. The summed E-state index contributed by atoms with van der Waals surface area (Å²) in [5.74, 6) is -0.138. The van der Waals surface area contributed by atoms with Crippen molar-refractivity contribution in [3.05, 3.63) is 34.2 Å². The number of nitrogens with one attached hydrogen (secondary N) is 1. The molecule has 1 saturated heterocycles. The highest BCUT2D eigenvalue weighted by Gasteiger charge is 2.25. The maximum Gasteiger partial charge on any atom is 0.527 e. The van der Waals surface area contributed by atoms with Gasteiger partial charge in [-0.2, -0.15) is 0 Å². The van der Waals surface area contributed by atoms with E-state index in [1.807, 2.05) is 0 Å². The smallest absolute Gasteiger partial charge is 0.433 e. The van der Waals surface area contributed by atoms with Crippen molar-refractivity contribution in [2.45, 2.75) is 13.5 Å². The van der Waals surface area contributed by atoms with Gasteiger partial charge in [0, 0.05) is 31.7 Å². The second-order valence-corrected chi connectivity index (χ2v) is 6.10. The van der Waals surface area contributed by atoms with Crippen LogP contribution in [0.15, 0.2) is 23.0 Å². The van der Waals surface area contributed by atoms with Crippen LogP contribution in [0.3, 0.4) is 0 Å². The van der Waals surface area contributed by atoms with Crippen molar-refractivity contribution in [2.24, 2.45) is 5.73 Å². The second kappa shape index (κ2) is 8.23. The monoisotopic (exact) mass is 377 g/mol. The van der Waals surface area contributed by atoms with E-state index in [1.54, 1.807) is 30.0 Å². The number of hydroxylamine groups is 2. The Balaban J connectivity index is 1.69. The average Bonchev–Trinajstić information content (AvgIpc) is 2.97. The number of rotatable bonds is 5. The first-order valence-corrected chi connectivity index (χ1v) is 8.85. The van der Waals surface area contributed by atoms with Crippen molar-refractivity contribution >= 4 is 23.1 Å². The number of amides is 1. The van der Waals surface area contributed by atoms with Gasteiger partial charge in [0.05, 0.1) is 30.7 Å². The van der Waals surface area contributed by atoms with Crippen LogP contribution in [0.4, 0.5) is 4.79 Å². The van der Waals surface area contributed by atoms with Crippen molar-refractivity contribution in [2.75, 3.05) is 39.3 Å². The Hall–Kier alpha value is -2.85. The standard InChI is InChI=1S/C17H23N5O5/c1-2-26-17(25)27-21-9-7-20(8-10-21)15(23)12-3-4-13-14(11-12)22(6-5-18)16(24)19-13/h3-4,11H,2,5-10,18H2,1H3,(H,19,24). The number of fused-ring (bicyclic) bond motifs is 1. The van der Waals surface area contributed by atoms with Crippen LogP contribution in [0.25, 0.3) is 11.0 Å². The lowest BCUT2D eigenvalue weighted by molar-refractivity contribution is -0.141. The lowest BCUT2D eigenvalue weighted by Gasteiger charge is -2.33. The molecule has 146 valence electrons. The predicted molar refractivity (Wildman–Crippen MR) is 97.2 cm³/mol. The number of nitrogens with two attached hydrogens (primary N) is 1. The fourth-order valence-electron chi connectivity index (χ4n) is 3.05. The third kappa shape index (κ3) is 4.12. The van der Waals surface area contributed by atoms with Gasteiger partial charge in [0.1, 0.15) is 0 Å². The van der Waals surface area contributed by atoms with Crippen molar-refractivity contribution in [1.29, 1.82) is 0 Å². The molecule has 1 aromatic heterocycles. The molecule has 3 N–H and O–H groups in total. The molecule has 1 aliphatic heterocycles. The molecule has 0 unspecified atom stereocenters. The van der Waals surface area contributed by atoms with E-state index < -0.39 is 6.16 Å². The maximum absolute atomic E-state index is 12.8. The van der Waals surface area contributed by atoms with Crippen LogP contribution in [-0.4, -0.2) is 70.9 Å². The van der Waals surface area contributed by atoms with Gasteiger partial charge in [0.2, 0.25) is 0 Å². The van der Waals surface area contributed by atoms with Crippen molar-refractivity contribution < 1.29 is 19.2 Å². The molecular formula is C17H23N5O5. The first kappa shape index (κ1) is 18.9. The van der Waals surface area contributed by atoms with E-state index in [2.05, 4.69) is 4.98 Å². The van der Waals surface area contributed by atoms with Gasteiger partial charge in [-0.1, -0.05) is 0 Å². The molecular weight excluding hydrogens is 354 g/mol. The Kier molecular flexibility index (Phi) is 5.77. The molecule has 1 amide bonds. The summed E-state index contributed by atoms with van der Waals surface area (Å²) >= 11 is 0. The van der Waals surface area contributed by atoms with Gasteiger partial charge in [-0.3, -0.25) is 9.36 Å². The Morgan fingerprint density at radius 3 is 2.63 bits per heavy atom. The van der Waals surface area contributed by atoms with Crippen LogP contribution in [-0.2, 0) is 16.1 Å². The summed E-state index contributed by atoms with van der Waals surface area (Å²) in [6, 6.07) is 5.11. The van der Waals surface area contributed by atoms with E-state index in [-0.39, 0.29) is 18.2 Å². The number of carbonyl (C=O) groups is 2. The van der Waals surface area contributed by atoms with Gasteiger partial charge >= 0.3 is 11.8 Å². The summed E-state index contributed by atoms with van der Waals surface area (Å²) < 4.78 is 6.26. The number of aromatic nitrogens is 2. The van der Waals surface area contributed by atoms with Gasteiger partial charge in [-0.05, 0) is 25.1 Å². The number of aromatic amines is 1. The molecule has 0 saturated carbocycles. The van der Waals surface area contributed by atoms with Crippen LogP contribution < -0.4 is 11.4 Å². The molecule has 0 spiro atoms. The topological polar surface area (TPSA) is 123 Å². The SMILES string of the molecule is CCOC(=O)ON1CCN(C(=O)c2ccc3[nH]c(=O)n(CCN)c3c2)CC1.